The van der Waals surface area contributed by atoms with E-state index in [1.807, 2.05) is 20.8 Å². The number of nitrogens with two attached hydrogens (primary N) is 1. The molecule has 4 heteroatoms. The third-order valence-electron chi connectivity index (χ3n) is 2.91. The van der Waals surface area contributed by atoms with Crippen molar-refractivity contribution in [1.82, 2.24) is 4.90 Å². The van der Waals surface area contributed by atoms with E-state index in [9.17, 15) is 9.90 Å². The minimum Gasteiger partial charge on any atom is -0.391 e. The fourth-order valence-corrected chi connectivity index (χ4v) is 1.72. The van der Waals surface area contributed by atoms with Gasteiger partial charge in [-0.3, -0.25) is 4.79 Å². The summed E-state index contributed by atoms with van der Waals surface area (Å²) in [6.07, 6.45) is 1.27. The molecule has 3 N–H and O–H groups in total. The fourth-order valence-electron chi connectivity index (χ4n) is 1.72. The van der Waals surface area contributed by atoms with Crippen molar-refractivity contribution in [3.8, 4) is 0 Å². The second-order valence-corrected chi connectivity index (χ2v) is 5.42. The molecule has 0 aromatic rings. The van der Waals surface area contributed by atoms with E-state index in [0.717, 1.165) is 19.4 Å². The molecule has 0 radical (unpaired) electrons. The molecule has 0 saturated carbocycles. The number of hydrogen-bond donors (Lipinski definition) is 2. The van der Waals surface area contributed by atoms with E-state index in [4.69, 9.17) is 5.73 Å². The Morgan fingerprint density at radius 1 is 1.53 bits per heavy atom. The van der Waals surface area contributed by atoms with Gasteiger partial charge in [-0.1, -0.05) is 20.8 Å². The Morgan fingerprint density at radius 3 is 2.60 bits per heavy atom. The Bertz CT molecular complexity index is 235. The summed E-state index contributed by atoms with van der Waals surface area (Å²) < 4.78 is 0. The third kappa shape index (κ3) is 3.18. The fraction of sp³-hybridized carbons (Fsp3) is 0.909. The molecular formula is C11H22N2O2. The van der Waals surface area contributed by atoms with Crippen molar-refractivity contribution in [2.75, 3.05) is 13.1 Å². The molecule has 4 nitrogen and oxygen atoms in total. The average molecular weight is 214 g/mol. The highest BCUT2D eigenvalue weighted by molar-refractivity contribution is 5.82. The number of amides is 1. The van der Waals surface area contributed by atoms with E-state index in [2.05, 4.69) is 0 Å². The van der Waals surface area contributed by atoms with Crippen LogP contribution in [0.2, 0.25) is 0 Å². The molecule has 0 aliphatic carbocycles. The quantitative estimate of drug-likeness (QED) is 0.661. The zero-order chi connectivity index (χ0) is 11.6. The van der Waals surface area contributed by atoms with Crippen molar-refractivity contribution in [2.24, 2.45) is 11.1 Å². The number of carbonyl (C=O) groups is 1. The monoisotopic (exact) mass is 214 g/mol. The van der Waals surface area contributed by atoms with Crippen LogP contribution in [0.15, 0.2) is 0 Å². The number of rotatable bonds is 1. The van der Waals surface area contributed by atoms with Crippen LogP contribution in [0, 0.1) is 5.41 Å². The summed E-state index contributed by atoms with van der Waals surface area (Å²) in [5.74, 6) is -0.0405. The summed E-state index contributed by atoms with van der Waals surface area (Å²) in [4.78, 5) is 13.7. The van der Waals surface area contributed by atoms with Crippen molar-refractivity contribution in [3.05, 3.63) is 0 Å². The Kier molecular flexibility index (Phi) is 3.73. The molecule has 1 rings (SSSR count). The first kappa shape index (κ1) is 12.5. The smallest absolute Gasteiger partial charge is 0.240 e. The van der Waals surface area contributed by atoms with Crippen LogP contribution in [-0.4, -0.2) is 41.1 Å². The molecule has 0 spiro atoms. The summed E-state index contributed by atoms with van der Waals surface area (Å²) in [5, 5.41) is 9.48. The maximum absolute atomic E-state index is 12.0. The number of aliphatic hydroxyl groups is 1. The molecule has 0 aromatic heterocycles. The largest absolute Gasteiger partial charge is 0.391 e. The first-order chi connectivity index (χ1) is 6.82. The van der Waals surface area contributed by atoms with E-state index >= 15 is 0 Å². The van der Waals surface area contributed by atoms with Crippen LogP contribution in [-0.2, 0) is 4.79 Å². The number of piperidine rings is 1. The Balaban J connectivity index is 2.60. The molecule has 1 amide bonds. The van der Waals surface area contributed by atoms with Gasteiger partial charge in [0.1, 0.15) is 0 Å². The van der Waals surface area contributed by atoms with Crippen LogP contribution in [0.5, 0.6) is 0 Å². The third-order valence-corrected chi connectivity index (χ3v) is 2.91. The van der Waals surface area contributed by atoms with Gasteiger partial charge in [0.2, 0.25) is 5.91 Å². The highest BCUT2D eigenvalue weighted by atomic mass is 16.3. The van der Waals surface area contributed by atoms with Crippen molar-refractivity contribution in [1.29, 1.82) is 0 Å². The minimum atomic E-state index is -0.484. The molecule has 88 valence electrons. The number of carbonyl (C=O) groups excluding carboxylic acids is 1. The Hall–Kier alpha value is -0.610. The van der Waals surface area contributed by atoms with Crippen LogP contribution in [0.25, 0.3) is 0 Å². The van der Waals surface area contributed by atoms with Gasteiger partial charge in [-0.05, 0) is 18.3 Å². The van der Waals surface area contributed by atoms with E-state index in [0.29, 0.717) is 6.54 Å². The number of nitrogens with zero attached hydrogens (tertiary/aromatic N) is 1. The van der Waals surface area contributed by atoms with E-state index < -0.39 is 6.04 Å². The van der Waals surface area contributed by atoms with Gasteiger partial charge < -0.3 is 15.7 Å². The number of likely N-dealkylation sites (tertiary alicyclic amines) is 1. The van der Waals surface area contributed by atoms with Crippen LogP contribution in [0.3, 0.4) is 0 Å². The van der Waals surface area contributed by atoms with Gasteiger partial charge in [0.25, 0.3) is 0 Å². The molecule has 2 atom stereocenters. The lowest BCUT2D eigenvalue weighted by molar-refractivity contribution is -0.138. The zero-order valence-electron chi connectivity index (χ0n) is 9.86. The number of aliphatic hydroxyl groups excluding tert-OH is 1. The van der Waals surface area contributed by atoms with Gasteiger partial charge in [-0.25, -0.2) is 0 Å². The zero-order valence-corrected chi connectivity index (χ0v) is 9.86. The first-order valence-electron chi connectivity index (χ1n) is 5.55. The molecule has 1 heterocycles. The predicted molar refractivity (Wildman–Crippen MR) is 59.3 cm³/mol. The lowest BCUT2D eigenvalue weighted by atomic mass is 9.86. The first-order valence-corrected chi connectivity index (χ1v) is 5.55. The van der Waals surface area contributed by atoms with Gasteiger partial charge in [-0.15, -0.1) is 0 Å². The molecule has 1 aliphatic rings. The van der Waals surface area contributed by atoms with Crippen molar-refractivity contribution >= 4 is 5.91 Å². The van der Waals surface area contributed by atoms with E-state index in [-0.39, 0.29) is 17.4 Å². The van der Waals surface area contributed by atoms with Gasteiger partial charge in [-0.2, -0.15) is 0 Å². The number of β-amino-alcohol motifs (C(OH)–C–C–N with tert-alkyl or cyclic N) is 1. The minimum absolute atomic E-state index is 0.0405. The second-order valence-electron chi connectivity index (χ2n) is 5.42. The Labute approximate surface area is 91.4 Å². The second kappa shape index (κ2) is 4.49. The summed E-state index contributed by atoms with van der Waals surface area (Å²) in [5.41, 5.74) is 5.67. The number of hydrogen-bond acceptors (Lipinski definition) is 3. The highest BCUT2D eigenvalue weighted by Gasteiger charge is 2.32. The predicted octanol–water partition coefficient (Wildman–Crippen LogP) is 0.343. The molecule has 15 heavy (non-hydrogen) atoms. The lowest BCUT2D eigenvalue weighted by Crippen LogP contribution is -2.53. The molecule has 1 aliphatic heterocycles. The topological polar surface area (TPSA) is 66.6 Å². The van der Waals surface area contributed by atoms with Crippen LogP contribution in [0.4, 0.5) is 0 Å². The van der Waals surface area contributed by atoms with Gasteiger partial charge in [0.15, 0.2) is 0 Å². The van der Waals surface area contributed by atoms with E-state index in [1.165, 1.54) is 0 Å². The normalized spacial score (nSPS) is 25.1. The van der Waals surface area contributed by atoms with Crippen molar-refractivity contribution < 1.29 is 9.90 Å². The molecule has 1 fully saturated rings. The van der Waals surface area contributed by atoms with Gasteiger partial charge >= 0.3 is 0 Å². The van der Waals surface area contributed by atoms with Crippen LogP contribution in [0.1, 0.15) is 33.6 Å². The standard InChI is InChI=1S/C11H22N2O2/c1-11(2,3)9(12)10(15)13-6-4-5-8(14)7-13/h8-9,14H,4-7,12H2,1-3H3/t8?,9-/m0/s1. The molecular weight excluding hydrogens is 192 g/mol. The maximum Gasteiger partial charge on any atom is 0.240 e. The SMILES string of the molecule is CC(C)(C)[C@@H](N)C(=O)N1CCCC(O)C1. The molecule has 1 saturated heterocycles. The van der Waals surface area contributed by atoms with Crippen molar-refractivity contribution in [2.45, 2.75) is 45.8 Å². The summed E-state index contributed by atoms with van der Waals surface area (Å²) in [7, 11) is 0. The lowest BCUT2D eigenvalue weighted by Gasteiger charge is -2.35. The van der Waals surface area contributed by atoms with Gasteiger partial charge in [0, 0.05) is 13.1 Å². The van der Waals surface area contributed by atoms with E-state index in [1.54, 1.807) is 4.90 Å². The van der Waals surface area contributed by atoms with Gasteiger partial charge in [0.05, 0.1) is 12.1 Å². The molecule has 1 unspecified atom stereocenters. The summed E-state index contributed by atoms with van der Waals surface area (Å²) >= 11 is 0. The molecule has 0 bridgehead atoms. The highest BCUT2D eigenvalue weighted by Crippen LogP contribution is 2.20. The van der Waals surface area contributed by atoms with Crippen LogP contribution >= 0.6 is 0 Å². The summed E-state index contributed by atoms with van der Waals surface area (Å²) in [6.45, 7) is 7.02. The average Bonchev–Trinajstić information content (AvgIpc) is 2.14. The summed E-state index contributed by atoms with van der Waals surface area (Å²) in [6, 6.07) is -0.484. The Morgan fingerprint density at radius 2 is 2.13 bits per heavy atom. The van der Waals surface area contributed by atoms with Crippen molar-refractivity contribution in [3.63, 3.8) is 0 Å². The van der Waals surface area contributed by atoms with Crippen LogP contribution < -0.4 is 5.73 Å². The molecule has 0 aromatic carbocycles. The maximum atomic E-state index is 12.0.